The van der Waals surface area contributed by atoms with E-state index in [1.165, 1.54) is 6.08 Å². The minimum absolute atomic E-state index is 0.157. The number of carbonyl (C=O) groups excluding carboxylic acids is 1. The lowest BCUT2D eigenvalue weighted by Gasteiger charge is -2.06. The molecular weight excluding hydrogens is 292 g/mol. The van der Waals surface area contributed by atoms with Gasteiger partial charge in [-0.05, 0) is 6.07 Å². The number of aromatic nitrogens is 3. The first-order valence-electron chi connectivity index (χ1n) is 5.80. The van der Waals surface area contributed by atoms with E-state index >= 15 is 0 Å². The van der Waals surface area contributed by atoms with Crippen LogP contribution in [0.4, 0.5) is 17.6 Å². The molecule has 2 aromatic rings. The fourth-order valence-electron chi connectivity index (χ4n) is 1.65. The van der Waals surface area contributed by atoms with Crippen molar-refractivity contribution in [2.24, 2.45) is 0 Å². The second kappa shape index (κ2) is 5.90. The van der Waals surface area contributed by atoms with Crippen molar-refractivity contribution in [3.63, 3.8) is 0 Å². The number of rotatable bonds is 5. The average molecular weight is 302 g/mol. The van der Waals surface area contributed by atoms with Crippen LogP contribution in [0, 0.1) is 0 Å². The summed E-state index contributed by atoms with van der Waals surface area (Å²) in [5, 5.41) is 6.07. The number of hydrogen-bond acceptors (Lipinski definition) is 3. The lowest BCUT2D eigenvalue weighted by molar-refractivity contribution is 0.0951. The van der Waals surface area contributed by atoms with Gasteiger partial charge in [0.1, 0.15) is 11.4 Å². The molecule has 0 aliphatic heterocycles. The molecule has 9 heteroatoms. The van der Waals surface area contributed by atoms with Gasteiger partial charge in [0.2, 0.25) is 0 Å². The maximum atomic E-state index is 12.9. The first kappa shape index (κ1) is 14.9. The highest BCUT2D eigenvalue weighted by Gasteiger charge is 2.21. The normalized spacial score (nSPS) is 11.3. The summed E-state index contributed by atoms with van der Waals surface area (Å²) in [5.74, 6) is -0.640. The molecule has 0 spiro atoms. The van der Waals surface area contributed by atoms with Crippen molar-refractivity contribution in [1.29, 1.82) is 0 Å². The van der Waals surface area contributed by atoms with E-state index in [0.717, 1.165) is 6.07 Å². The van der Waals surface area contributed by atoms with Crippen molar-refractivity contribution in [1.82, 2.24) is 19.9 Å². The molecule has 0 fully saturated rings. The van der Waals surface area contributed by atoms with Crippen LogP contribution in [0.2, 0.25) is 0 Å². The molecule has 0 saturated carbocycles. The van der Waals surface area contributed by atoms with Crippen molar-refractivity contribution >= 4 is 11.6 Å². The second-order valence-corrected chi connectivity index (χ2v) is 4.01. The summed E-state index contributed by atoms with van der Waals surface area (Å²) in [6.45, 7) is 3.56. The Balaban J connectivity index is 2.52. The van der Waals surface area contributed by atoms with Gasteiger partial charge in [-0.1, -0.05) is 6.08 Å². The van der Waals surface area contributed by atoms with E-state index in [9.17, 15) is 22.4 Å². The number of nitrogens with one attached hydrogen (secondary N) is 1. The third kappa shape index (κ3) is 3.01. The van der Waals surface area contributed by atoms with Crippen LogP contribution in [-0.4, -0.2) is 27.0 Å². The Labute approximate surface area is 116 Å². The molecule has 2 aromatic heterocycles. The highest BCUT2D eigenvalue weighted by molar-refractivity contribution is 5.93. The Morgan fingerprint density at radius 2 is 2.05 bits per heavy atom. The SMILES string of the molecule is C=CCNC(=O)c1cc2nc(C(F)F)cc(C(F)F)n2n1. The van der Waals surface area contributed by atoms with Crippen molar-refractivity contribution in [3.8, 4) is 0 Å². The molecule has 5 nitrogen and oxygen atoms in total. The maximum Gasteiger partial charge on any atom is 0.280 e. The van der Waals surface area contributed by atoms with E-state index in [4.69, 9.17) is 0 Å². The Morgan fingerprint density at radius 3 is 2.62 bits per heavy atom. The summed E-state index contributed by atoms with van der Waals surface area (Å²) < 4.78 is 51.8. The van der Waals surface area contributed by atoms with Crippen molar-refractivity contribution in [2.75, 3.05) is 6.54 Å². The quantitative estimate of drug-likeness (QED) is 0.682. The van der Waals surface area contributed by atoms with E-state index in [1.54, 1.807) is 0 Å². The molecule has 21 heavy (non-hydrogen) atoms. The first-order valence-corrected chi connectivity index (χ1v) is 5.80. The maximum absolute atomic E-state index is 12.9. The number of nitrogens with zero attached hydrogens (tertiary/aromatic N) is 3. The average Bonchev–Trinajstić information content (AvgIpc) is 2.87. The minimum Gasteiger partial charge on any atom is -0.347 e. The van der Waals surface area contributed by atoms with Gasteiger partial charge in [-0.15, -0.1) is 6.58 Å². The van der Waals surface area contributed by atoms with Crippen LogP contribution < -0.4 is 5.32 Å². The van der Waals surface area contributed by atoms with Gasteiger partial charge < -0.3 is 5.32 Å². The van der Waals surface area contributed by atoms with E-state index < -0.39 is 30.1 Å². The van der Waals surface area contributed by atoms with E-state index in [2.05, 4.69) is 22.0 Å². The fourth-order valence-corrected chi connectivity index (χ4v) is 1.65. The van der Waals surface area contributed by atoms with Crippen molar-refractivity contribution in [3.05, 3.63) is 41.9 Å². The first-order chi connectivity index (χ1) is 9.93. The zero-order valence-corrected chi connectivity index (χ0v) is 10.6. The predicted octanol–water partition coefficient (Wildman–Crippen LogP) is 2.52. The van der Waals surface area contributed by atoms with Crippen LogP contribution in [0.3, 0.4) is 0 Å². The zero-order valence-electron chi connectivity index (χ0n) is 10.6. The number of alkyl halides is 4. The van der Waals surface area contributed by atoms with Gasteiger partial charge >= 0.3 is 0 Å². The van der Waals surface area contributed by atoms with Crippen LogP contribution in [0.15, 0.2) is 24.8 Å². The third-order valence-electron chi connectivity index (χ3n) is 2.56. The molecule has 0 aliphatic rings. The largest absolute Gasteiger partial charge is 0.347 e. The molecule has 1 N–H and O–H groups in total. The van der Waals surface area contributed by atoms with Gasteiger partial charge in [-0.2, -0.15) is 5.10 Å². The smallest absolute Gasteiger partial charge is 0.280 e. The fraction of sp³-hybridized carbons (Fsp3) is 0.250. The molecule has 0 bridgehead atoms. The van der Waals surface area contributed by atoms with Crippen LogP contribution in [0.1, 0.15) is 34.7 Å². The molecule has 0 atom stereocenters. The van der Waals surface area contributed by atoms with Crippen LogP contribution in [0.25, 0.3) is 5.65 Å². The van der Waals surface area contributed by atoms with Gasteiger partial charge in [0.15, 0.2) is 11.3 Å². The third-order valence-corrected chi connectivity index (χ3v) is 2.56. The topological polar surface area (TPSA) is 59.3 Å². The van der Waals surface area contributed by atoms with Gasteiger partial charge in [0.05, 0.1) is 0 Å². The van der Waals surface area contributed by atoms with E-state index in [-0.39, 0.29) is 17.9 Å². The lowest BCUT2D eigenvalue weighted by atomic mass is 10.3. The summed E-state index contributed by atoms with van der Waals surface area (Å²) >= 11 is 0. The summed E-state index contributed by atoms with van der Waals surface area (Å²) in [7, 11) is 0. The lowest BCUT2D eigenvalue weighted by Crippen LogP contribution is -2.23. The Morgan fingerprint density at radius 1 is 1.33 bits per heavy atom. The van der Waals surface area contributed by atoms with Crippen molar-refractivity contribution < 1.29 is 22.4 Å². The van der Waals surface area contributed by atoms with Crippen LogP contribution >= 0.6 is 0 Å². The van der Waals surface area contributed by atoms with Gasteiger partial charge in [0.25, 0.3) is 18.8 Å². The molecule has 0 saturated heterocycles. The number of fused-ring (bicyclic) bond motifs is 1. The molecule has 2 rings (SSSR count). The van der Waals surface area contributed by atoms with Crippen LogP contribution in [0.5, 0.6) is 0 Å². The van der Waals surface area contributed by atoms with Gasteiger partial charge in [-0.3, -0.25) is 4.79 Å². The number of amides is 1. The summed E-state index contributed by atoms with van der Waals surface area (Å²) in [6, 6.07) is 1.64. The summed E-state index contributed by atoms with van der Waals surface area (Å²) in [5.41, 5.74) is -1.99. The molecule has 0 unspecified atom stereocenters. The van der Waals surface area contributed by atoms with Crippen molar-refractivity contribution in [2.45, 2.75) is 12.9 Å². The Hall–Kier alpha value is -2.45. The molecule has 112 valence electrons. The Kier molecular flexibility index (Phi) is 4.20. The standard InChI is InChI=1S/C12H10F4N4O/c1-2-3-17-12(21)7-5-9-18-6(10(13)14)4-8(11(15)16)20(9)19-7/h2,4-5,10-11H,1,3H2,(H,17,21). The Bertz CT molecular complexity index is 683. The molecule has 0 aromatic carbocycles. The van der Waals surface area contributed by atoms with E-state index in [0.29, 0.717) is 10.6 Å². The summed E-state index contributed by atoms with van der Waals surface area (Å²) in [6.07, 6.45) is -4.61. The number of hydrogen-bond donors (Lipinski definition) is 1. The zero-order chi connectivity index (χ0) is 15.6. The van der Waals surface area contributed by atoms with Gasteiger partial charge in [0, 0.05) is 12.6 Å². The predicted molar refractivity (Wildman–Crippen MR) is 65.4 cm³/mol. The monoisotopic (exact) mass is 302 g/mol. The minimum atomic E-state index is -3.03. The second-order valence-electron chi connectivity index (χ2n) is 4.01. The van der Waals surface area contributed by atoms with Gasteiger partial charge in [-0.25, -0.2) is 27.1 Å². The van der Waals surface area contributed by atoms with E-state index in [1.807, 2.05) is 0 Å². The van der Waals surface area contributed by atoms with Crippen LogP contribution in [-0.2, 0) is 0 Å². The molecule has 0 aliphatic carbocycles. The number of carbonyl (C=O) groups is 1. The highest BCUT2D eigenvalue weighted by Crippen LogP contribution is 2.25. The highest BCUT2D eigenvalue weighted by atomic mass is 19.3. The molecule has 2 heterocycles. The number of halogens is 4. The summed E-state index contributed by atoms with van der Waals surface area (Å²) in [4.78, 5) is 15.2. The molecule has 1 amide bonds. The molecule has 0 radical (unpaired) electrons. The molecular formula is C12H10F4N4O.